The van der Waals surface area contributed by atoms with Gasteiger partial charge in [-0.25, -0.2) is 5.43 Å². The Morgan fingerprint density at radius 1 is 1.71 bits per heavy atom. The fraction of sp³-hybridized carbons (Fsp3) is 1.00. The van der Waals surface area contributed by atoms with Crippen molar-refractivity contribution in [2.45, 2.75) is 13.1 Å². The van der Waals surface area contributed by atoms with E-state index in [1.165, 1.54) is 0 Å². The molecule has 2 atom stereocenters. The molecular formula is C4H11N3. The highest BCUT2D eigenvalue weighted by Crippen LogP contribution is 1.98. The molecule has 7 heavy (non-hydrogen) atoms. The molecule has 0 aromatic heterocycles. The Morgan fingerprint density at radius 2 is 2.43 bits per heavy atom. The standard InChI is InChI=1S/C4H11N3/c1-3-2-6-7-4(3)5/h3-4,6-7H,2,5H2,1H3. The molecule has 2 unspecified atom stereocenters. The second-order valence-electron chi connectivity index (χ2n) is 2.03. The van der Waals surface area contributed by atoms with E-state index in [4.69, 9.17) is 5.73 Å². The minimum absolute atomic E-state index is 0.153. The van der Waals surface area contributed by atoms with Crippen LogP contribution >= 0.6 is 0 Å². The molecule has 0 aromatic rings. The van der Waals surface area contributed by atoms with Gasteiger partial charge in [0.25, 0.3) is 0 Å². The summed E-state index contributed by atoms with van der Waals surface area (Å²) in [7, 11) is 0. The average molecular weight is 101 g/mol. The minimum Gasteiger partial charge on any atom is -0.315 e. The summed E-state index contributed by atoms with van der Waals surface area (Å²) < 4.78 is 0. The van der Waals surface area contributed by atoms with Crippen molar-refractivity contribution >= 4 is 0 Å². The molecular weight excluding hydrogens is 90.1 g/mol. The number of hydrazine groups is 1. The van der Waals surface area contributed by atoms with Gasteiger partial charge in [0.1, 0.15) is 0 Å². The van der Waals surface area contributed by atoms with Crippen LogP contribution in [0.5, 0.6) is 0 Å². The van der Waals surface area contributed by atoms with E-state index >= 15 is 0 Å². The van der Waals surface area contributed by atoms with Crippen molar-refractivity contribution in [3.05, 3.63) is 0 Å². The summed E-state index contributed by atoms with van der Waals surface area (Å²) in [4.78, 5) is 0. The van der Waals surface area contributed by atoms with Gasteiger partial charge in [0, 0.05) is 6.54 Å². The minimum atomic E-state index is 0.153. The van der Waals surface area contributed by atoms with Crippen molar-refractivity contribution in [2.75, 3.05) is 6.54 Å². The Morgan fingerprint density at radius 3 is 2.57 bits per heavy atom. The molecule has 0 spiro atoms. The molecule has 1 aliphatic rings. The van der Waals surface area contributed by atoms with E-state index in [0.717, 1.165) is 6.54 Å². The van der Waals surface area contributed by atoms with E-state index < -0.39 is 0 Å². The quantitative estimate of drug-likeness (QED) is 0.367. The van der Waals surface area contributed by atoms with Crippen LogP contribution < -0.4 is 16.6 Å². The van der Waals surface area contributed by atoms with Crippen molar-refractivity contribution < 1.29 is 0 Å². The monoisotopic (exact) mass is 101 g/mol. The Labute approximate surface area is 43.2 Å². The normalized spacial score (nSPS) is 42.0. The molecule has 1 aliphatic heterocycles. The predicted molar refractivity (Wildman–Crippen MR) is 28.3 cm³/mol. The molecule has 1 rings (SSSR count). The lowest BCUT2D eigenvalue weighted by atomic mass is 10.2. The van der Waals surface area contributed by atoms with Gasteiger partial charge in [-0.2, -0.15) is 0 Å². The van der Waals surface area contributed by atoms with Crippen LogP contribution in [0, 0.1) is 5.92 Å². The fourth-order valence-electron chi connectivity index (χ4n) is 0.607. The molecule has 0 amide bonds. The van der Waals surface area contributed by atoms with Crippen molar-refractivity contribution in [1.29, 1.82) is 0 Å². The van der Waals surface area contributed by atoms with E-state index in [1.807, 2.05) is 0 Å². The van der Waals surface area contributed by atoms with E-state index in [1.54, 1.807) is 0 Å². The largest absolute Gasteiger partial charge is 0.315 e. The van der Waals surface area contributed by atoms with Crippen molar-refractivity contribution in [1.82, 2.24) is 10.9 Å². The van der Waals surface area contributed by atoms with E-state index in [9.17, 15) is 0 Å². The Kier molecular flexibility index (Phi) is 1.27. The summed E-state index contributed by atoms with van der Waals surface area (Å²) in [5, 5.41) is 0. The maximum Gasteiger partial charge on any atom is 0.0717 e. The predicted octanol–water partition coefficient (Wildman–Crippen LogP) is -0.985. The first-order valence-corrected chi connectivity index (χ1v) is 2.54. The van der Waals surface area contributed by atoms with Gasteiger partial charge in [-0.3, -0.25) is 5.43 Å². The first kappa shape index (κ1) is 5.03. The van der Waals surface area contributed by atoms with Gasteiger partial charge < -0.3 is 5.73 Å². The summed E-state index contributed by atoms with van der Waals surface area (Å²) in [6.07, 6.45) is 0.153. The number of hydrogen-bond donors (Lipinski definition) is 3. The smallest absolute Gasteiger partial charge is 0.0717 e. The summed E-state index contributed by atoms with van der Waals surface area (Å²) in [5.41, 5.74) is 11.3. The van der Waals surface area contributed by atoms with Crippen molar-refractivity contribution in [2.24, 2.45) is 11.7 Å². The Bertz CT molecular complexity index is 56.0. The molecule has 0 aromatic carbocycles. The highest BCUT2D eigenvalue weighted by atomic mass is 15.4. The van der Waals surface area contributed by atoms with Crippen LogP contribution in [-0.4, -0.2) is 12.7 Å². The summed E-state index contributed by atoms with van der Waals surface area (Å²) >= 11 is 0. The van der Waals surface area contributed by atoms with Crippen LogP contribution in [0.15, 0.2) is 0 Å². The molecule has 1 fully saturated rings. The molecule has 1 saturated heterocycles. The summed E-state index contributed by atoms with van der Waals surface area (Å²) in [5.74, 6) is 0.569. The SMILES string of the molecule is CC1CNNC1N. The zero-order chi connectivity index (χ0) is 5.28. The van der Waals surface area contributed by atoms with Crippen molar-refractivity contribution in [3.63, 3.8) is 0 Å². The van der Waals surface area contributed by atoms with Crippen LogP contribution in [-0.2, 0) is 0 Å². The molecule has 0 aliphatic carbocycles. The second-order valence-corrected chi connectivity index (χ2v) is 2.03. The van der Waals surface area contributed by atoms with Gasteiger partial charge in [-0.05, 0) is 5.92 Å². The van der Waals surface area contributed by atoms with Crippen LogP contribution in [0.3, 0.4) is 0 Å². The van der Waals surface area contributed by atoms with E-state index in [0.29, 0.717) is 5.92 Å². The molecule has 4 N–H and O–H groups in total. The van der Waals surface area contributed by atoms with Gasteiger partial charge in [-0.1, -0.05) is 6.92 Å². The van der Waals surface area contributed by atoms with Crippen LogP contribution in [0.25, 0.3) is 0 Å². The third kappa shape index (κ3) is 0.907. The third-order valence-corrected chi connectivity index (χ3v) is 1.31. The van der Waals surface area contributed by atoms with Crippen LogP contribution in [0.1, 0.15) is 6.92 Å². The Balaban J connectivity index is 2.33. The summed E-state index contributed by atoms with van der Waals surface area (Å²) in [6.45, 7) is 3.10. The topological polar surface area (TPSA) is 50.1 Å². The highest BCUT2D eigenvalue weighted by molar-refractivity contribution is 4.72. The lowest BCUT2D eigenvalue weighted by molar-refractivity contribution is 0.502. The number of rotatable bonds is 0. The first-order valence-electron chi connectivity index (χ1n) is 2.54. The molecule has 3 nitrogen and oxygen atoms in total. The molecule has 0 bridgehead atoms. The van der Waals surface area contributed by atoms with Gasteiger partial charge in [-0.15, -0.1) is 0 Å². The number of hydrogen-bond acceptors (Lipinski definition) is 3. The van der Waals surface area contributed by atoms with Crippen molar-refractivity contribution in [3.8, 4) is 0 Å². The van der Waals surface area contributed by atoms with Gasteiger partial charge in [0.05, 0.1) is 6.17 Å². The van der Waals surface area contributed by atoms with E-state index in [2.05, 4.69) is 17.8 Å². The van der Waals surface area contributed by atoms with Crippen LogP contribution in [0.4, 0.5) is 0 Å². The van der Waals surface area contributed by atoms with Crippen LogP contribution in [0.2, 0.25) is 0 Å². The summed E-state index contributed by atoms with van der Waals surface area (Å²) in [6, 6.07) is 0. The molecule has 42 valence electrons. The number of nitrogens with two attached hydrogens (primary N) is 1. The highest BCUT2D eigenvalue weighted by Gasteiger charge is 2.16. The van der Waals surface area contributed by atoms with Gasteiger partial charge >= 0.3 is 0 Å². The lowest BCUT2D eigenvalue weighted by Gasteiger charge is -2.04. The zero-order valence-corrected chi connectivity index (χ0v) is 4.44. The van der Waals surface area contributed by atoms with E-state index in [-0.39, 0.29) is 6.17 Å². The first-order chi connectivity index (χ1) is 3.30. The Hall–Kier alpha value is -0.120. The lowest BCUT2D eigenvalue weighted by Crippen LogP contribution is -2.38. The number of nitrogens with one attached hydrogen (secondary N) is 2. The van der Waals surface area contributed by atoms with Gasteiger partial charge in [0.2, 0.25) is 0 Å². The zero-order valence-electron chi connectivity index (χ0n) is 4.44. The molecule has 0 radical (unpaired) electrons. The van der Waals surface area contributed by atoms with Gasteiger partial charge in [0.15, 0.2) is 0 Å². The average Bonchev–Trinajstić information content (AvgIpc) is 1.91. The maximum absolute atomic E-state index is 5.50. The second kappa shape index (κ2) is 1.78. The fourth-order valence-corrected chi connectivity index (χ4v) is 0.607. The molecule has 0 saturated carbocycles. The molecule has 3 heteroatoms. The third-order valence-electron chi connectivity index (χ3n) is 1.31. The molecule has 1 heterocycles. The maximum atomic E-state index is 5.50.